The minimum absolute atomic E-state index is 0.199. The molecule has 0 aliphatic heterocycles. The van der Waals surface area contributed by atoms with E-state index in [0.717, 1.165) is 53.6 Å². The average molecular weight is 1880 g/mol. The Balaban J connectivity index is 0.000000135. The number of allylic oxidation sites excluding steroid dienone is 1. The Morgan fingerprint density at radius 1 is 0.467 bits per heavy atom. The van der Waals surface area contributed by atoms with E-state index in [4.69, 9.17) is 32.9 Å². The van der Waals surface area contributed by atoms with Crippen LogP contribution in [0.5, 0.6) is 0 Å². The highest BCUT2D eigenvalue weighted by Gasteiger charge is 2.33. The molecule has 135 heavy (non-hydrogen) atoms. The summed E-state index contributed by atoms with van der Waals surface area (Å²) in [5.41, 5.74) is 13.2. The number of amides is 3. The van der Waals surface area contributed by atoms with Crippen molar-refractivity contribution >= 4 is 176 Å². The molecule has 0 atom stereocenters. The molecular formula is C102H79F6N11O13S3. The number of fused-ring (bicyclic) bond motifs is 14. The van der Waals surface area contributed by atoms with Crippen molar-refractivity contribution in [1.82, 2.24) is 40.3 Å². The molecule has 0 saturated carbocycles. The first-order chi connectivity index (χ1) is 64.6. The highest BCUT2D eigenvalue weighted by Crippen LogP contribution is 2.48. The number of carbonyl (C=O) groups excluding carboxylic acids is 3. The Bertz CT molecular complexity index is 8380. The third-order valence-electron chi connectivity index (χ3n) is 23.8. The van der Waals surface area contributed by atoms with Crippen molar-refractivity contribution in [2.45, 2.75) is 13.3 Å². The van der Waals surface area contributed by atoms with E-state index in [9.17, 15) is 66.0 Å². The maximum absolute atomic E-state index is 14.8. The Morgan fingerprint density at radius 3 is 1.36 bits per heavy atom. The molecule has 10 aromatic carbocycles. The molecule has 0 saturated heterocycles. The lowest BCUT2D eigenvalue weighted by molar-refractivity contribution is 0.0956. The van der Waals surface area contributed by atoms with Gasteiger partial charge in [0, 0.05) is 166 Å². The molecule has 680 valence electrons. The van der Waals surface area contributed by atoms with Gasteiger partial charge in [0.25, 0.3) is 17.7 Å². The molecule has 1 aliphatic carbocycles. The number of carbonyl (C=O) groups is 3. The highest BCUT2D eigenvalue weighted by atomic mass is 32.2. The number of aromatic nitrogens is 5. The minimum Gasteiger partial charge on any atom is -0.501 e. The number of nitrogens with zero attached hydrogens (tertiary/aromatic N) is 7. The fourth-order valence-electron chi connectivity index (χ4n) is 16.9. The summed E-state index contributed by atoms with van der Waals surface area (Å²) < 4.78 is 191. The topological polar surface area (TPSA) is 307 Å². The van der Waals surface area contributed by atoms with Crippen LogP contribution in [0.15, 0.2) is 250 Å². The molecule has 9 heterocycles. The summed E-state index contributed by atoms with van der Waals surface area (Å²) in [4.78, 5) is 57.9. The van der Waals surface area contributed by atoms with Crippen molar-refractivity contribution in [3.05, 3.63) is 311 Å². The monoisotopic (exact) mass is 1880 g/mol. The van der Waals surface area contributed by atoms with Gasteiger partial charge in [-0.1, -0.05) is 54.6 Å². The van der Waals surface area contributed by atoms with Crippen molar-refractivity contribution in [2.24, 2.45) is 0 Å². The normalized spacial score (nSPS) is 12.3. The van der Waals surface area contributed by atoms with Crippen LogP contribution in [0, 0.1) is 34.9 Å². The van der Waals surface area contributed by atoms with Gasteiger partial charge in [0.15, 0.2) is 0 Å². The lowest BCUT2D eigenvalue weighted by Gasteiger charge is -2.21. The number of sulfonamides is 3. The molecule has 1 aliphatic rings. The van der Waals surface area contributed by atoms with E-state index in [1.807, 2.05) is 66.1 Å². The molecule has 0 bridgehead atoms. The van der Waals surface area contributed by atoms with Gasteiger partial charge in [0.1, 0.15) is 68.9 Å². The van der Waals surface area contributed by atoms with E-state index in [1.165, 1.54) is 133 Å². The number of nitrogens with one attached hydrogen (secondary N) is 4. The molecule has 3 amide bonds. The van der Waals surface area contributed by atoms with Gasteiger partial charge in [-0.15, -0.1) is 0 Å². The van der Waals surface area contributed by atoms with Gasteiger partial charge in [-0.3, -0.25) is 27.3 Å². The van der Waals surface area contributed by atoms with Crippen molar-refractivity contribution in [3.8, 4) is 67.7 Å². The first-order valence-electron chi connectivity index (χ1n) is 41.9. The zero-order valence-electron chi connectivity index (χ0n) is 73.5. The van der Waals surface area contributed by atoms with Gasteiger partial charge in [-0.25, -0.2) is 66.5 Å². The van der Waals surface area contributed by atoms with Gasteiger partial charge in [0.2, 0.25) is 30.1 Å². The van der Waals surface area contributed by atoms with E-state index in [0.29, 0.717) is 146 Å². The first kappa shape index (κ1) is 89.7. The van der Waals surface area contributed by atoms with Crippen molar-refractivity contribution < 1.29 is 84.0 Å². The number of ether oxygens (including phenoxy) is 1. The van der Waals surface area contributed by atoms with Gasteiger partial charge >= 0.3 is 0 Å². The zero-order valence-corrected chi connectivity index (χ0v) is 76.0. The van der Waals surface area contributed by atoms with Gasteiger partial charge < -0.3 is 43.3 Å². The number of anilines is 3. The number of hydrogen-bond acceptors (Lipinski definition) is 16. The number of rotatable bonds is 19. The number of benzene rings is 10. The highest BCUT2D eigenvalue weighted by molar-refractivity contribution is 7.92. The molecule has 0 spiro atoms. The summed E-state index contributed by atoms with van der Waals surface area (Å²) in [5.74, 6) is -3.08. The largest absolute Gasteiger partial charge is 0.501 e. The zero-order chi connectivity index (χ0) is 95.3. The molecule has 20 rings (SSSR count). The molecule has 33 heteroatoms. The van der Waals surface area contributed by atoms with Crippen LogP contribution in [-0.2, 0) is 41.2 Å². The molecule has 4 N–H and O–H groups in total. The van der Waals surface area contributed by atoms with Crippen molar-refractivity contribution in [2.75, 3.05) is 80.6 Å². The van der Waals surface area contributed by atoms with Gasteiger partial charge in [0.05, 0.1) is 116 Å². The fraction of sp³-hybridized carbons (Fsp3) is 0.118. The smallest absolute Gasteiger partial charge is 0.255 e. The van der Waals surface area contributed by atoms with E-state index in [2.05, 4.69) is 20.9 Å². The summed E-state index contributed by atoms with van der Waals surface area (Å²) >= 11 is 0. The molecule has 9 aromatic heterocycles. The third-order valence-corrected chi connectivity index (χ3v) is 27.4. The number of aromatic amines is 1. The van der Waals surface area contributed by atoms with Crippen LogP contribution in [0.3, 0.4) is 0 Å². The number of furan rings is 3. The summed E-state index contributed by atoms with van der Waals surface area (Å²) in [6, 6.07) is 59.1. The van der Waals surface area contributed by atoms with Crippen LogP contribution in [0.25, 0.3) is 178 Å². The molecule has 0 fully saturated rings. The van der Waals surface area contributed by atoms with Crippen LogP contribution < -0.4 is 28.9 Å². The number of pyridine rings is 4. The SMILES string of the molecule is CCO/C=C/c1ccc(-c2cc3c(C(=O)NC)c(-c4ccc(F)cc4)oc3cc2N(C)S(C)(=O)=O)nc1C1=Cc2c(F)cccc2C1.CNC(=O)c1c(-c2ccc(F)cc2)oc2cc(N(C)S(C)(=O)=O)c(-c3ccc4ccc5c([nH]c6cccc(F)c65)c4n3)cc12.CNC(=O)c1c(-c2ccc(F)cc2)oc2cc(N(C)S(C)(=O)=O)c(-c3ccc4ccn5c6cccc(F)c6cc5c4n3)cc12. The van der Waals surface area contributed by atoms with Crippen molar-refractivity contribution in [1.29, 1.82) is 0 Å². The second-order valence-corrected chi connectivity index (χ2v) is 38.1. The molecule has 24 nitrogen and oxygen atoms in total. The van der Waals surface area contributed by atoms with E-state index in [1.54, 1.807) is 103 Å². The minimum atomic E-state index is -3.76. The van der Waals surface area contributed by atoms with Crippen LogP contribution >= 0.6 is 0 Å². The Morgan fingerprint density at radius 2 is 0.896 bits per heavy atom. The number of hydrogen-bond donors (Lipinski definition) is 4. The maximum atomic E-state index is 14.8. The van der Waals surface area contributed by atoms with Crippen LogP contribution in [0.2, 0.25) is 0 Å². The molecule has 19 aromatic rings. The van der Waals surface area contributed by atoms with E-state index in [-0.39, 0.29) is 85.2 Å². The summed E-state index contributed by atoms with van der Waals surface area (Å²) in [7, 11) is -2.52. The summed E-state index contributed by atoms with van der Waals surface area (Å²) in [6.07, 6.45) is 10.7. The van der Waals surface area contributed by atoms with Crippen LogP contribution in [-0.4, -0.2) is 135 Å². The molecule has 0 radical (unpaired) electrons. The Labute approximate surface area is 767 Å². The lowest BCUT2D eigenvalue weighted by atomic mass is 9.98. The molecule has 0 unspecified atom stereocenters. The standard InChI is InChI=1S/C36H31F2N3O5S.2C33H24F2N4O4S/c1-5-45-16-15-21-11-14-30(40-34(21)24-17-23-7-6-8-29(38)26(23)18-24)27-19-28-32(20-31(27)41(3)47(4,43)44)46-35(33(28)36(42)39-2)22-9-12-25(37)13-10-22;1-36-33(40)29-22-15-21(26(39(2)44(3,41)42)16-27(22)43-32(29)18-7-11-19(34)12-8-18)24-14-10-17-9-13-20-28-23(35)5-4-6-25(28)38-31(20)30(17)37-24;1-36-33(40)30-23-15-22(27(38(2)44(3,41)42)17-29(23)43-32(30)19-7-10-20(34)11-8-19)25-12-9-18-13-14-39-26-6-4-5-24(35)21(26)16-28(39)31(18)37-25/h6-16,18-20H,5,17H2,1-4H3,(H,39,42);4-16,38H,1-3H3,(H,36,40);4-17H,1-3H3,(H,36,40)/b16-15+;;. The second-order valence-electron chi connectivity index (χ2n) is 32.1. The quantitative estimate of drug-likeness (QED) is 0.0432. The maximum Gasteiger partial charge on any atom is 0.255 e. The van der Waals surface area contributed by atoms with E-state index < -0.39 is 65.2 Å². The predicted molar refractivity (Wildman–Crippen MR) is 516 cm³/mol. The third kappa shape index (κ3) is 16.6. The Hall–Kier alpha value is -15.9. The fourth-order valence-corrected chi connectivity index (χ4v) is 18.4. The van der Waals surface area contributed by atoms with E-state index >= 15 is 0 Å². The Kier molecular flexibility index (Phi) is 23.3. The number of halogens is 6. The number of H-pyrrole nitrogens is 1. The predicted octanol–water partition coefficient (Wildman–Crippen LogP) is 21.0. The van der Waals surface area contributed by atoms with Crippen LogP contribution in [0.4, 0.5) is 43.4 Å². The summed E-state index contributed by atoms with van der Waals surface area (Å²) in [6.45, 7) is 2.34. The lowest BCUT2D eigenvalue weighted by Crippen LogP contribution is -2.25. The average Bonchev–Trinajstić information content (AvgIpc) is 1.58. The van der Waals surface area contributed by atoms with Crippen molar-refractivity contribution in [3.63, 3.8) is 0 Å². The van der Waals surface area contributed by atoms with Gasteiger partial charge in [-0.2, -0.15) is 0 Å². The first-order valence-corrected chi connectivity index (χ1v) is 47.5. The summed E-state index contributed by atoms with van der Waals surface area (Å²) in [5, 5.41) is 12.3. The molecular weight excluding hydrogens is 1800 g/mol. The second kappa shape index (κ2) is 35.0. The van der Waals surface area contributed by atoms with Crippen LogP contribution in [0.1, 0.15) is 60.4 Å². The van der Waals surface area contributed by atoms with Gasteiger partial charge in [-0.05, 0) is 182 Å².